The van der Waals surface area contributed by atoms with Crippen LogP contribution in [0.3, 0.4) is 0 Å². The molecule has 0 bridgehead atoms. The third-order valence-corrected chi connectivity index (χ3v) is 4.32. The number of hydrogen-bond acceptors (Lipinski definition) is 5. The minimum Gasteiger partial charge on any atom is -0.493 e. The van der Waals surface area contributed by atoms with Gasteiger partial charge in [-0.05, 0) is 24.1 Å². The Morgan fingerprint density at radius 1 is 1.12 bits per heavy atom. The zero-order valence-electron chi connectivity index (χ0n) is 15.7. The van der Waals surface area contributed by atoms with Gasteiger partial charge in [0.25, 0.3) is 0 Å². The molecule has 5 nitrogen and oxygen atoms in total. The van der Waals surface area contributed by atoms with Crippen LogP contribution in [0.4, 0.5) is 0 Å². The van der Waals surface area contributed by atoms with Gasteiger partial charge in [-0.2, -0.15) is 0 Å². The maximum Gasteiger partial charge on any atom is 0.164 e. The number of nitrogens with one attached hydrogen (secondary N) is 1. The molecular weight excluding hydrogens is 330 g/mol. The predicted octanol–water partition coefficient (Wildman–Crippen LogP) is 3.63. The lowest BCUT2D eigenvalue weighted by Gasteiger charge is -2.26. The molecule has 0 amide bonds. The molecule has 5 heteroatoms. The summed E-state index contributed by atoms with van der Waals surface area (Å²) in [5, 5.41) is 3.37. The third-order valence-electron chi connectivity index (χ3n) is 4.32. The van der Waals surface area contributed by atoms with Gasteiger partial charge in [-0.3, -0.25) is 0 Å². The number of fused-ring (bicyclic) bond motifs is 1. The first-order chi connectivity index (χ1) is 12.7. The van der Waals surface area contributed by atoms with Crippen LogP contribution in [0.2, 0.25) is 0 Å². The molecule has 0 radical (unpaired) electrons. The molecule has 0 aliphatic carbocycles. The van der Waals surface area contributed by atoms with Crippen molar-refractivity contribution in [1.82, 2.24) is 5.32 Å². The van der Waals surface area contributed by atoms with Gasteiger partial charge in [-0.1, -0.05) is 38.1 Å². The SMILES string of the molecule is COc1cccc(C(C)C)c1OCCNC[C@H]1COc2ccccc2O1. The predicted molar refractivity (Wildman–Crippen MR) is 102 cm³/mol. The Morgan fingerprint density at radius 3 is 2.69 bits per heavy atom. The van der Waals surface area contributed by atoms with E-state index in [9.17, 15) is 0 Å². The van der Waals surface area contributed by atoms with Crippen molar-refractivity contribution in [3.8, 4) is 23.0 Å². The van der Waals surface area contributed by atoms with Gasteiger partial charge in [0.1, 0.15) is 19.3 Å². The molecule has 1 aliphatic rings. The van der Waals surface area contributed by atoms with Crippen LogP contribution in [0.5, 0.6) is 23.0 Å². The second-order valence-corrected chi connectivity index (χ2v) is 6.58. The summed E-state index contributed by atoms with van der Waals surface area (Å²) >= 11 is 0. The van der Waals surface area contributed by atoms with Crippen molar-refractivity contribution in [2.75, 3.05) is 33.4 Å². The van der Waals surface area contributed by atoms with Gasteiger partial charge in [0, 0.05) is 18.7 Å². The van der Waals surface area contributed by atoms with Crippen molar-refractivity contribution in [2.45, 2.75) is 25.9 Å². The summed E-state index contributed by atoms with van der Waals surface area (Å²) in [5.41, 5.74) is 1.16. The highest BCUT2D eigenvalue weighted by Crippen LogP contribution is 2.35. The van der Waals surface area contributed by atoms with Crippen molar-refractivity contribution in [3.05, 3.63) is 48.0 Å². The zero-order chi connectivity index (χ0) is 18.4. The topological polar surface area (TPSA) is 49.0 Å². The number of para-hydroxylation sites is 3. The Balaban J connectivity index is 1.45. The zero-order valence-corrected chi connectivity index (χ0v) is 15.7. The van der Waals surface area contributed by atoms with E-state index < -0.39 is 0 Å². The standard InChI is InChI=1S/C21H27NO4/c1-15(2)17-7-6-10-20(23-3)21(17)24-12-11-22-13-16-14-25-18-8-4-5-9-19(18)26-16/h4-10,15-16,22H,11-14H2,1-3H3/t16-/m0/s1. The molecule has 2 aromatic carbocycles. The van der Waals surface area contributed by atoms with Crippen LogP contribution in [0.1, 0.15) is 25.3 Å². The Labute approximate surface area is 155 Å². The molecule has 1 N–H and O–H groups in total. The van der Waals surface area contributed by atoms with Crippen molar-refractivity contribution in [1.29, 1.82) is 0 Å². The van der Waals surface area contributed by atoms with Crippen molar-refractivity contribution in [2.24, 2.45) is 0 Å². The smallest absolute Gasteiger partial charge is 0.164 e. The van der Waals surface area contributed by atoms with Gasteiger partial charge >= 0.3 is 0 Å². The van der Waals surface area contributed by atoms with E-state index in [-0.39, 0.29) is 6.10 Å². The molecule has 1 atom stereocenters. The lowest BCUT2D eigenvalue weighted by Crippen LogP contribution is -2.39. The normalized spacial score (nSPS) is 15.8. The molecule has 0 unspecified atom stereocenters. The first-order valence-electron chi connectivity index (χ1n) is 9.08. The summed E-state index contributed by atoms with van der Waals surface area (Å²) in [6.07, 6.45) is 0.00221. The summed E-state index contributed by atoms with van der Waals surface area (Å²) in [6.45, 7) is 6.84. The summed E-state index contributed by atoms with van der Waals surface area (Å²) in [5.74, 6) is 3.59. The molecule has 1 aliphatic heterocycles. The number of ether oxygens (including phenoxy) is 4. The van der Waals surface area contributed by atoms with Gasteiger partial charge in [0.2, 0.25) is 0 Å². The molecule has 3 rings (SSSR count). The Hall–Kier alpha value is -2.40. The van der Waals surface area contributed by atoms with E-state index in [0.717, 1.165) is 35.1 Å². The third kappa shape index (κ3) is 4.41. The van der Waals surface area contributed by atoms with Crippen LogP contribution in [0.15, 0.2) is 42.5 Å². The number of hydrogen-bond donors (Lipinski definition) is 1. The van der Waals surface area contributed by atoms with E-state index >= 15 is 0 Å². The number of methoxy groups -OCH3 is 1. The largest absolute Gasteiger partial charge is 0.493 e. The molecule has 0 saturated carbocycles. The second kappa shape index (κ2) is 8.81. The molecular formula is C21H27NO4. The summed E-state index contributed by atoms with van der Waals surface area (Å²) < 4.78 is 23.1. The molecule has 26 heavy (non-hydrogen) atoms. The van der Waals surface area contributed by atoms with Crippen LogP contribution < -0.4 is 24.3 Å². The van der Waals surface area contributed by atoms with Crippen molar-refractivity contribution >= 4 is 0 Å². The fraction of sp³-hybridized carbons (Fsp3) is 0.429. The monoisotopic (exact) mass is 357 g/mol. The van der Waals surface area contributed by atoms with E-state index in [0.29, 0.717) is 25.7 Å². The van der Waals surface area contributed by atoms with Gasteiger partial charge in [0.05, 0.1) is 7.11 Å². The molecule has 0 spiro atoms. The Bertz CT molecular complexity index is 717. The van der Waals surface area contributed by atoms with Crippen LogP contribution >= 0.6 is 0 Å². The summed E-state index contributed by atoms with van der Waals surface area (Å²) in [4.78, 5) is 0. The average Bonchev–Trinajstić information content (AvgIpc) is 2.67. The average molecular weight is 357 g/mol. The number of benzene rings is 2. The fourth-order valence-electron chi connectivity index (χ4n) is 2.95. The van der Waals surface area contributed by atoms with Crippen molar-refractivity contribution in [3.63, 3.8) is 0 Å². The highest BCUT2D eigenvalue weighted by atomic mass is 16.6. The summed E-state index contributed by atoms with van der Waals surface area (Å²) in [7, 11) is 1.67. The van der Waals surface area contributed by atoms with Crippen LogP contribution in [0.25, 0.3) is 0 Å². The highest BCUT2D eigenvalue weighted by Gasteiger charge is 2.20. The molecule has 1 heterocycles. The maximum absolute atomic E-state index is 6.01. The molecule has 0 aromatic heterocycles. The van der Waals surface area contributed by atoms with Crippen LogP contribution in [-0.4, -0.2) is 39.5 Å². The number of rotatable bonds is 8. The minimum atomic E-state index is 0.00221. The van der Waals surface area contributed by atoms with E-state index in [1.54, 1.807) is 7.11 Å². The molecule has 2 aromatic rings. The first-order valence-corrected chi connectivity index (χ1v) is 9.08. The van der Waals surface area contributed by atoms with E-state index in [1.807, 2.05) is 36.4 Å². The van der Waals surface area contributed by atoms with E-state index in [1.165, 1.54) is 0 Å². The van der Waals surface area contributed by atoms with Gasteiger partial charge < -0.3 is 24.3 Å². The van der Waals surface area contributed by atoms with Gasteiger partial charge in [0.15, 0.2) is 23.0 Å². The van der Waals surface area contributed by atoms with Crippen LogP contribution in [0, 0.1) is 0 Å². The van der Waals surface area contributed by atoms with Crippen molar-refractivity contribution < 1.29 is 18.9 Å². The lowest BCUT2D eigenvalue weighted by atomic mass is 10.0. The Kier molecular flexibility index (Phi) is 6.23. The lowest BCUT2D eigenvalue weighted by molar-refractivity contribution is 0.0897. The fourth-order valence-corrected chi connectivity index (χ4v) is 2.95. The molecule has 0 fully saturated rings. The van der Waals surface area contributed by atoms with Crippen LogP contribution in [-0.2, 0) is 0 Å². The van der Waals surface area contributed by atoms with E-state index in [4.69, 9.17) is 18.9 Å². The second-order valence-electron chi connectivity index (χ2n) is 6.58. The molecule has 0 saturated heterocycles. The Morgan fingerprint density at radius 2 is 1.92 bits per heavy atom. The molecule has 140 valence electrons. The quantitative estimate of drug-likeness (QED) is 0.731. The first kappa shape index (κ1) is 18.4. The van der Waals surface area contributed by atoms with E-state index in [2.05, 4.69) is 25.2 Å². The van der Waals surface area contributed by atoms with Gasteiger partial charge in [-0.15, -0.1) is 0 Å². The maximum atomic E-state index is 6.01. The summed E-state index contributed by atoms with van der Waals surface area (Å²) in [6, 6.07) is 13.8. The van der Waals surface area contributed by atoms with Gasteiger partial charge in [-0.25, -0.2) is 0 Å². The minimum absolute atomic E-state index is 0.00221. The highest BCUT2D eigenvalue weighted by molar-refractivity contribution is 5.48.